The lowest BCUT2D eigenvalue weighted by molar-refractivity contribution is -0.0976. The van der Waals surface area contributed by atoms with Gasteiger partial charge in [0.25, 0.3) is 0 Å². The highest BCUT2D eigenvalue weighted by molar-refractivity contribution is 7.80. The SMILES string of the molecule is CCOC1CC(Nc2ncccc2C(N)=S)C1(C)C. The second kappa shape index (κ2) is 5.43. The molecule has 0 bridgehead atoms. The summed E-state index contributed by atoms with van der Waals surface area (Å²) in [6.07, 6.45) is 3.02. The number of rotatable bonds is 5. The van der Waals surface area contributed by atoms with Crippen LogP contribution in [0.1, 0.15) is 32.8 Å². The Morgan fingerprint density at radius 3 is 2.95 bits per heavy atom. The zero-order chi connectivity index (χ0) is 14.0. The van der Waals surface area contributed by atoms with Crippen LogP contribution in [0.5, 0.6) is 0 Å². The fraction of sp³-hybridized carbons (Fsp3) is 0.571. The van der Waals surface area contributed by atoms with Crippen LogP contribution in [0.3, 0.4) is 0 Å². The Bertz CT molecular complexity index is 476. The predicted molar refractivity (Wildman–Crippen MR) is 81.3 cm³/mol. The summed E-state index contributed by atoms with van der Waals surface area (Å²) in [5.41, 5.74) is 6.60. The summed E-state index contributed by atoms with van der Waals surface area (Å²) in [7, 11) is 0. The van der Waals surface area contributed by atoms with Gasteiger partial charge in [0.1, 0.15) is 10.8 Å². The van der Waals surface area contributed by atoms with Crippen LogP contribution in [0, 0.1) is 5.41 Å². The number of ether oxygens (including phenoxy) is 1. The molecule has 1 aromatic heterocycles. The number of aromatic nitrogens is 1. The van der Waals surface area contributed by atoms with Crippen molar-refractivity contribution >= 4 is 23.0 Å². The molecule has 104 valence electrons. The Morgan fingerprint density at radius 1 is 1.63 bits per heavy atom. The van der Waals surface area contributed by atoms with Gasteiger partial charge in [0.15, 0.2) is 0 Å². The number of thiocarbonyl (C=S) groups is 1. The molecule has 1 fully saturated rings. The summed E-state index contributed by atoms with van der Waals surface area (Å²) in [6, 6.07) is 4.06. The lowest BCUT2D eigenvalue weighted by atomic mass is 9.64. The van der Waals surface area contributed by atoms with E-state index in [1.54, 1.807) is 6.20 Å². The highest BCUT2D eigenvalue weighted by Crippen LogP contribution is 2.44. The number of nitrogens with two attached hydrogens (primary N) is 1. The predicted octanol–water partition coefficient (Wildman–Crippen LogP) is 2.33. The third-order valence-electron chi connectivity index (χ3n) is 3.93. The van der Waals surface area contributed by atoms with Crippen LogP contribution in [0.15, 0.2) is 18.3 Å². The lowest BCUT2D eigenvalue weighted by Crippen LogP contribution is -2.58. The van der Waals surface area contributed by atoms with Crippen molar-refractivity contribution in [1.82, 2.24) is 4.98 Å². The first-order chi connectivity index (χ1) is 8.96. The Hall–Kier alpha value is -1.20. The highest BCUT2D eigenvalue weighted by Gasteiger charge is 2.49. The van der Waals surface area contributed by atoms with Gasteiger partial charge < -0.3 is 15.8 Å². The van der Waals surface area contributed by atoms with Crippen molar-refractivity contribution in [1.29, 1.82) is 0 Å². The van der Waals surface area contributed by atoms with Crippen molar-refractivity contribution in [2.45, 2.75) is 39.3 Å². The van der Waals surface area contributed by atoms with Crippen LogP contribution in [-0.4, -0.2) is 28.7 Å². The number of nitrogens with zero attached hydrogens (tertiary/aromatic N) is 1. The maximum Gasteiger partial charge on any atom is 0.136 e. The van der Waals surface area contributed by atoms with E-state index < -0.39 is 0 Å². The maximum atomic E-state index is 5.73. The van der Waals surface area contributed by atoms with E-state index in [2.05, 4.69) is 24.1 Å². The molecule has 0 aliphatic heterocycles. The minimum Gasteiger partial charge on any atom is -0.389 e. The van der Waals surface area contributed by atoms with Gasteiger partial charge in [-0.2, -0.15) is 0 Å². The molecular formula is C14H21N3OS. The molecule has 5 heteroatoms. The molecule has 4 nitrogen and oxygen atoms in total. The number of hydrogen-bond donors (Lipinski definition) is 2. The summed E-state index contributed by atoms with van der Waals surface area (Å²) in [4.78, 5) is 4.71. The molecule has 0 radical (unpaired) electrons. The average Bonchev–Trinajstić information content (AvgIpc) is 2.38. The van der Waals surface area contributed by atoms with Gasteiger partial charge in [0.05, 0.1) is 11.7 Å². The number of pyridine rings is 1. The van der Waals surface area contributed by atoms with Crippen LogP contribution in [0.4, 0.5) is 5.82 Å². The molecule has 2 atom stereocenters. The minimum absolute atomic E-state index is 0.0843. The van der Waals surface area contributed by atoms with Crippen LogP contribution in [0.2, 0.25) is 0 Å². The Morgan fingerprint density at radius 2 is 2.37 bits per heavy atom. The van der Waals surface area contributed by atoms with Crippen molar-refractivity contribution in [3.05, 3.63) is 23.9 Å². The molecule has 0 aromatic carbocycles. The highest BCUT2D eigenvalue weighted by atomic mass is 32.1. The van der Waals surface area contributed by atoms with Gasteiger partial charge in [-0.05, 0) is 25.5 Å². The quantitative estimate of drug-likeness (QED) is 0.810. The molecular weight excluding hydrogens is 258 g/mol. The van der Waals surface area contributed by atoms with Crippen molar-refractivity contribution in [2.24, 2.45) is 11.1 Å². The van der Waals surface area contributed by atoms with E-state index in [1.807, 2.05) is 19.1 Å². The molecule has 2 rings (SSSR count). The monoisotopic (exact) mass is 279 g/mol. The minimum atomic E-state index is 0.0843. The molecule has 0 saturated heterocycles. The molecule has 1 heterocycles. The average molecular weight is 279 g/mol. The smallest absolute Gasteiger partial charge is 0.136 e. The first-order valence-corrected chi connectivity index (χ1v) is 7.00. The molecule has 1 saturated carbocycles. The number of nitrogens with one attached hydrogen (secondary N) is 1. The second-order valence-electron chi connectivity index (χ2n) is 5.46. The summed E-state index contributed by atoms with van der Waals surface area (Å²) in [6.45, 7) is 7.19. The van der Waals surface area contributed by atoms with Crippen molar-refractivity contribution in [3.63, 3.8) is 0 Å². The van der Waals surface area contributed by atoms with Crippen LogP contribution in [-0.2, 0) is 4.74 Å². The van der Waals surface area contributed by atoms with E-state index in [9.17, 15) is 0 Å². The van der Waals surface area contributed by atoms with E-state index in [-0.39, 0.29) is 5.41 Å². The van der Waals surface area contributed by atoms with Crippen LogP contribution in [0.25, 0.3) is 0 Å². The van der Waals surface area contributed by atoms with E-state index in [0.29, 0.717) is 17.1 Å². The molecule has 0 amide bonds. The van der Waals surface area contributed by atoms with Gasteiger partial charge in [0.2, 0.25) is 0 Å². The summed E-state index contributed by atoms with van der Waals surface area (Å²) in [5, 5.41) is 3.45. The Balaban J connectivity index is 2.10. The topological polar surface area (TPSA) is 60.2 Å². The first kappa shape index (κ1) is 14.2. The van der Waals surface area contributed by atoms with E-state index >= 15 is 0 Å². The van der Waals surface area contributed by atoms with Crippen molar-refractivity contribution < 1.29 is 4.74 Å². The van der Waals surface area contributed by atoms with Gasteiger partial charge in [-0.1, -0.05) is 26.1 Å². The zero-order valence-electron chi connectivity index (χ0n) is 11.6. The van der Waals surface area contributed by atoms with E-state index in [0.717, 1.165) is 24.4 Å². The standard InChI is InChI=1S/C14H21N3OS/c1-4-18-11-8-10(14(11,2)3)17-13-9(12(15)19)6-5-7-16-13/h5-7,10-11H,4,8H2,1-3H3,(H2,15,19)(H,16,17). The maximum absolute atomic E-state index is 5.73. The van der Waals surface area contributed by atoms with Crippen LogP contribution < -0.4 is 11.1 Å². The van der Waals surface area contributed by atoms with Gasteiger partial charge in [-0.25, -0.2) is 4.98 Å². The summed E-state index contributed by atoms with van der Waals surface area (Å²) < 4.78 is 5.73. The van der Waals surface area contributed by atoms with Gasteiger partial charge in [0, 0.05) is 24.3 Å². The van der Waals surface area contributed by atoms with E-state index in [4.69, 9.17) is 22.7 Å². The van der Waals surface area contributed by atoms with Gasteiger partial charge in [-0.3, -0.25) is 0 Å². The Labute approximate surface area is 119 Å². The third-order valence-corrected chi connectivity index (χ3v) is 4.15. The fourth-order valence-electron chi connectivity index (χ4n) is 2.50. The largest absolute Gasteiger partial charge is 0.389 e. The normalized spacial score (nSPS) is 24.6. The van der Waals surface area contributed by atoms with Gasteiger partial charge in [-0.15, -0.1) is 0 Å². The summed E-state index contributed by atoms with van der Waals surface area (Å²) in [5.74, 6) is 0.767. The van der Waals surface area contributed by atoms with Crippen LogP contribution >= 0.6 is 12.2 Å². The molecule has 3 N–H and O–H groups in total. The van der Waals surface area contributed by atoms with Crippen molar-refractivity contribution in [2.75, 3.05) is 11.9 Å². The molecule has 1 aliphatic carbocycles. The molecule has 2 unspecified atom stereocenters. The fourth-order valence-corrected chi connectivity index (χ4v) is 2.66. The van der Waals surface area contributed by atoms with E-state index in [1.165, 1.54) is 0 Å². The number of anilines is 1. The molecule has 0 spiro atoms. The molecule has 1 aromatic rings. The Kier molecular flexibility index (Phi) is 4.06. The molecule has 1 aliphatic rings. The zero-order valence-corrected chi connectivity index (χ0v) is 12.5. The number of hydrogen-bond acceptors (Lipinski definition) is 4. The third kappa shape index (κ3) is 2.72. The summed E-state index contributed by atoms with van der Waals surface area (Å²) >= 11 is 5.05. The molecule has 19 heavy (non-hydrogen) atoms. The lowest BCUT2D eigenvalue weighted by Gasteiger charge is -2.51. The van der Waals surface area contributed by atoms with Crippen molar-refractivity contribution in [3.8, 4) is 0 Å². The second-order valence-corrected chi connectivity index (χ2v) is 5.90. The first-order valence-electron chi connectivity index (χ1n) is 6.59. The van der Waals surface area contributed by atoms with Gasteiger partial charge >= 0.3 is 0 Å².